The van der Waals surface area contributed by atoms with Crippen LogP contribution in [0.15, 0.2) is 39.3 Å². The number of hydrogen-bond donors (Lipinski definition) is 3. The van der Waals surface area contributed by atoms with Crippen LogP contribution in [0.25, 0.3) is 10.9 Å². The number of guanidine groups is 1. The maximum absolute atomic E-state index is 12.3. The lowest BCUT2D eigenvalue weighted by Crippen LogP contribution is -2.24. The minimum Gasteiger partial charge on any atom is -0.506 e. The molecular weight excluding hydrogens is 258 g/mol. The fourth-order valence-electron chi connectivity index (χ4n) is 1.99. The van der Waals surface area contributed by atoms with Gasteiger partial charge >= 0.3 is 0 Å². The molecule has 0 radical (unpaired) electrons. The quantitative estimate of drug-likeness (QED) is 0.424. The van der Waals surface area contributed by atoms with Gasteiger partial charge in [0, 0.05) is 11.9 Å². The fourth-order valence-corrected chi connectivity index (χ4v) is 1.99. The van der Waals surface area contributed by atoms with Crippen molar-refractivity contribution in [3.05, 3.63) is 40.2 Å². The van der Waals surface area contributed by atoms with Crippen LogP contribution in [0.2, 0.25) is 0 Å². The van der Waals surface area contributed by atoms with Gasteiger partial charge < -0.3 is 21.1 Å². The normalized spacial score (nSPS) is 11.1. The molecule has 0 atom stereocenters. The number of para-hydroxylation sites is 1. The first-order valence-corrected chi connectivity index (χ1v) is 6.02. The molecular formula is C13H15N5O2. The number of aryl methyl sites for hydroxylation is 1. The molecule has 0 amide bonds. The molecule has 1 heterocycles. The Morgan fingerprint density at radius 3 is 2.75 bits per heavy atom. The zero-order valence-corrected chi connectivity index (χ0v) is 10.9. The van der Waals surface area contributed by atoms with Gasteiger partial charge in [0.05, 0.1) is 11.7 Å². The molecule has 0 aliphatic heterocycles. The van der Waals surface area contributed by atoms with Crippen molar-refractivity contribution in [3.63, 3.8) is 0 Å². The molecule has 0 spiro atoms. The average molecular weight is 273 g/mol. The summed E-state index contributed by atoms with van der Waals surface area (Å²) in [7, 11) is 0. The highest BCUT2D eigenvalue weighted by atomic mass is 16.3. The molecule has 0 unspecified atom stereocenters. The van der Waals surface area contributed by atoms with Crippen LogP contribution in [0.1, 0.15) is 12.5 Å². The second kappa shape index (κ2) is 5.43. The Balaban J connectivity index is 2.75. The molecule has 0 saturated carbocycles. The fraction of sp³-hybridized carbons (Fsp3) is 0.154. The molecule has 0 saturated heterocycles. The summed E-state index contributed by atoms with van der Waals surface area (Å²) in [4.78, 5) is 12.3. The van der Waals surface area contributed by atoms with Crippen molar-refractivity contribution in [3.8, 4) is 5.75 Å². The van der Waals surface area contributed by atoms with Gasteiger partial charge in [0.2, 0.25) is 5.96 Å². The van der Waals surface area contributed by atoms with Crippen molar-refractivity contribution in [2.75, 3.05) is 0 Å². The largest absolute Gasteiger partial charge is 0.506 e. The van der Waals surface area contributed by atoms with E-state index in [1.807, 2.05) is 6.92 Å². The lowest BCUT2D eigenvalue weighted by atomic mass is 10.1. The Hall–Kier alpha value is -2.83. The standard InChI is InChI=1S/C13H15N5O2/c1-2-18-10-6-4-3-5-8(10)11(19)9(12(18)20)7-16-17-13(14)15/h3-7,19H,2H2,1H3,(H4,14,15,17)/b16-7+. The maximum atomic E-state index is 12.3. The third-order valence-corrected chi connectivity index (χ3v) is 2.86. The second-order valence-corrected chi connectivity index (χ2v) is 4.10. The van der Waals surface area contributed by atoms with Crippen LogP contribution in [-0.4, -0.2) is 21.8 Å². The Morgan fingerprint density at radius 2 is 2.10 bits per heavy atom. The van der Waals surface area contributed by atoms with Gasteiger partial charge in [-0.15, -0.1) is 5.10 Å². The predicted octanol–water partition coefficient (Wildman–Crippen LogP) is 0.334. The minimum absolute atomic E-state index is 0.0514. The zero-order valence-electron chi connectivity index (χ0n) is 10.9. The first kappa shape index (κ1) is 13.6. The van der Waals surface area contributed by atoms with Crippen LogP contribution in [-0.2, 0) is 6.54 Å². The van der Waals surface area contributed by atoms with Gasteiger partial charge in [0.1, 0.15) is 11.3 Å². The first-order valence-electron chi connectivity index (χ1n) is 6.02. The van der Waals surface area contributed by atoms with Crippen molar-refractivity contribution in [2.45, 2.75) is 13.5 Å². The van der Waals surface area contributed by atoms with Gasteiger partial charge in [-0.3, -0.25) is 4.79 Å². The van der Waals surface area contributed by atoms with Crippen LogP contribution in [0.5, 0.6) is 5.75 Å². The number of aromatic nitrogens is 1. The minimum atomic E-state index is -0.349. The second-order valence-electron chi connectivity index (χ2n) is 4.10. The van der Waals surface area contributed by atoms with E-state index in [0.29, 0.717) is 17.4 Å². The number of nitrogens with zero attached hydrogens (tertiary/aromatic N) is 3. The molecule has 2 aromatic rings. The monoisotopic (exact) mass is 273 g/mol. The van der Waals surface area contributed by atoms with Gasteiger partial charge in [-0.25, -0.2) is 0 Å². The van der Waals surface area contributed by atoms with E-state index in [0.717, 1.165) is 6.21 Å². The molecule has 0 aliphatic carbocycles. The number of pyridine rings is 1. The molecule has 1 aromatic carbocycles. The van der Waals surface area contributed by atoms with E-state index in [9.17, 15) is 9.90 Å². The van der Waals surface area contributed by atoms with Crippen LogP contribution >= 0.6 is 0 Å². The summed E-state index contributed by atoms with van der Waals surface area (Å²) in [5, 5.41) is 17.8. The topological polar surface area (TPSA) is 119 Å². The molecule has 1 aromatic heterocycles. The number of rotatable bonds is 3. The van der Waals surface area contributed by atoms with E-state index < -0.39 is 0 Å². The van der Waals surface area contributed by atoms with Crippen molar-refractivity contribution in [2.24, 2.45) is 21.7 Å². The summed E-state index contributed by atoms with van der Waals surface area (Å²) in [6.07, 6.45) is 1.15. The summed E-state index contributed by atoms with van der Waals surface area (Å²) in [6, 6.07) is 7.09. The van der Waals surface area contributed by atoms with Crippen molar-refractivity contribution in [1.82, 2.24) is 4.57 Å². The third kappa shape index (κ3) is 2.33. The SMILES string of the molecule is CCn1c(=O)c(/C=N/N=C(N)N)c(O)c2ccccc21. The molecule has 7 nitrogen and oxygen atoms in total. The van der Waals surface area contributed by atoms with Crippen LogP contribution < -0.4 is 17.0 Å². The Morgan fingerprint density at radius 1 is 1.40 bits per heavy atom. The first-order chi connectivity index (χ1) is 9.56. The van der Waals surface area contributed by atoms with Crippen LogP contribution in [0, 0.1) is 0 Å². The summed E-state index contributed by atoms with van der Waals surface area (Å²) in [6.45, 7) is 2.32. The highest BCUT2D eigenvalue weighted by Gasteiger charge is 2.13. The van der Waals surface area contributed by atoms with Gasteiger partial charge in [0.15, 0.2) is 0 Å². The van der Waals surface area contributed by atoms with Crippen LogP contribution in [0.4, 0.5) is 0 Å². The average Bonchev–Trinajstić information content (AvgIpc) is 2.43. The van der Waals surface area contributed by atoms with E-state index in [2.05, 4.69) is 10.2 Å². The molecule has 5 N–H and O–H groups in total. The molecule has 20 heavy (non-hydrogen) atoms. The van der Waals surface area contributed by atoms with Crippen molar-refractivity contribution < 1.29 is 5.11 Å². The molecule has 2 rings (SSSR count). The van der Waals surface area contributed by atoms with Crippen molar-refractivity contribution in [1.29, 1.82) is 0 Å². The Labute approximate surface area is 114 Å². The lowest BCUT2D eigenvalue weighted by Gasteiger charge is -2.11. The molecule has 104 valence electrons. The third-order valence-electron chi connectivity index (χ3n) is 2.86. The number of nitrogens with two attached hydrogens (primary N) is 2. The van der Waals surface area contributed by atoms with Crippen LogP contribution in [0.3, 0.4) is 0 Å². The van der Waals surface area contributed by atoms with Gasteiger partial charge in [0.25, 0.3) is 5.56 Å². The predicted molar refractivity (Wildman–Crippen MR) is 79.0 cm³/mol. The molecule has 0 bridgehead atoms. The summed E-state index contributed by atoms with van der Waals surface area (Å²) in [5.41, 5.74) is 10.7. The molecule has 0 aliphatic rings. The van der Waals surface area contributed by atoms with Gasteiger partial charge in [-0.2, -0.15) is 5.10 Å². The van der Waals surface area contributed by atoms with E-state index in [-0.39, 0.29) is 22.8 Å². The summed E-state index contributed by atoms with van der Waals surface area (Å²) < 4.78 is 1.55. The zero-order chi connectivity index (χ0) is 14.7. The molecule has 7 heteroatoms. The Kier molecular flexibility index (Phi) is 3.69. The number of benzene rings is 1. The van der Waals surface area contributed by atoms with E-state index in [1.54, 1.807) is 28.8 Å². The van der Waals surface area contributed by atoms with E-state index in [4.69, 9.17) is 11.5 Å². The Bertz CT molecular complexity index is 757. The van der Waals surface area contributed by atoms with E-state index >= 15 is 0 Å². The van der Waals surface area contributed by atoms with Gasteiger partial charge in [-0.05, 0) is 19.1 Å². The highest BCUT2D eigenvalue weighted by molar-refractivity contribution is 5.95. The number of hydrogen-bond acceptors (Lipinski definition) is 4. The smallest absolute Gasteiger partial charge is 0.263 e. The molecule has 0 fully saturated rings. The van der Waals surface area contributed by atoms with Gasteiger partial charge in [-0.1, -0.05) is 12.1 Å². The lowest BCUT2D eigenvalue weighted by molar-refractivity contribution is 0.478. The number of aromatic hydroxyl groups is 1. The van der Waals surface area contributed by atoms with Crippen molar-refractivity contribution >= 4 is 23.1 Å². The highest BCUT2D eigenvalue weighted by Crippen LogP contribution is 2.25. The maximum Gasteiger partial charge on any atom is 0.263 e. The number of fused-ring (bicyclic) bond motifs is 1. The van der Waals surface area contributed by atoms with E-state index in [1.165, 1.54) is 0 Å². The summed E-state index contributed by atoms with van der Waals surface area (Å²) in [5.74, 6) is -0.359. The summed E-state index contributed by atoms with van der Waals surface area (Å²) >= 11 is 0.